The Morgan fingerprint density at radius 2 is 1.67 bits per heavy atom. The molecule has 0 bridgehead atoms. The van der Waals surface area contributed by atoms with E-state index in [2.05, 4.69) is 10.0 Å². The Hall–Kier alpha value is -2.92. The van der Waals surface area contributed by atoms with Crippen LogP contribution in [0.15, 0.2) is 53.4 Å². The first-order chi connectivity index (χ1) is 13.9. The first kappa shape index (κ1) is 23.4. The number of hydrogen-bond donors (Lipinski definition) is 2. The quantitative estimate of drug-likeness (QED) is 0.639. The molecule has 0 saturated carbocycles. The van der Waals surface area contributed by atoms with Gasteiger partial charge < -0.3 is 10.1 Å². The van der Waals surface area contributed by atoms with E-state index < -0.39 is 40.4 Å². The molecule has 2 N–H and O–H groups in total. The highest BCUT2D eigenvalue weighted by Crippen LogP contribution is 2.32. The molecule has 2 aromatic carbocycles. The molecule has 7 nitrogen and oxygen atoms in total. The van der Waals surface area contributed by atoms with Gasteiger partial charge in [0.1, 0.15) is 12.6 Å². The molecule has 0 aliphatic rings. The Kier molecular flexibility index (Phi) is 7.21. The molecule has 0 fully saturated rings. The summed E-state index contributed by atoms with van der Waals surface area (Å²) in [5, 5.41) is 2.48. The second kappa shape index (κ2) is 9.26. The van der Waals surface area contributed by atoms with Gasteiger partial charge in [-0.2, -0.15) is 17.9 Å². The molecule has 0 aliphatic heterocycles. The van der Waals surface area contributed by atoms with Gasteiger partial charge in [-0.15, -0.1) is 0 Å². The first-order valence-corrected chi connectivity index (χ1v) is 10.1. The number of sulfonamides is 1. The van der Waals surface area contributed by atoms with Crippen molar-refractivity contribution < 1.29 is 35.9 Å². The summed E-state index contributed by atoms with van der Waals surface area (Å²) in [5.74, 6) is -1.36. The first-order valence-electron chi connectivity index (χ1n) is 8.62. The summed E-state index contributed by atoms with van der Waals surface area (Å²) in [6.45, 7) is 1.85. The number of rotatable bonds is 7. The Morgan fingerprint density at radius 1 is 1.07 bits per heavy atom. The fraction of sp³-hybridized carbons (Fsp3) is 0.263. The van der Waals surface area contributed by atoms with Gasteiger partial charge in [-0.1, -0.05) is 18.2 Å². The second-order valence-electron chi connectivity index (χ2n) is 6.31. The molecule has 2 rings (SSSR count). The number of ether oxygens (including phenoxy) is 1. The normalized spacial score (nSPS) is 12.8. The van der Waals surface area contributed by atoms with Gasteiger partial charge in [-0.3, -0.25) is 9.59 Å². The number of nitrogens with one attached hydrogen (secondary N) is 2. The van der Waals surface area contributed by atoms with Crippen LogP contribution < -0.4 is 10.0 Å². The van der Waals surface area contributed by atoms with E-state index in [9.17, 15) is 31.2 Å². The summed E-state index contributed by atoms with van der Waals surface area (Å²) in [6.07, 6.45) is -4.61. The molecule has 0 spiro atoms. The van der Waals surface area contributed by atoms with E-state index in [1.807, 2.05) is 0 Å². The maximum Gasteiger partial charge on any atom is 0.416 e. The summed E-state index contributed by atoms with van der Waals surface area (Å²) in [5.41, 5.74) is -0.801. The van der Waals surface area contributed by atoms with Crippen LogP contribution in [0.4, 0.5) is 18.9 Å². The van der Waals surface area contributed by atoms with Crippen LogP contribution >= 0.6 is 0 Å². The summed E-state index contributed by atoms with van der Waals surface area (Å²) in [7, 11) is -4.11. The van der Waals surface area contributed by atoms with Crippen molar-refractivity contribution in [2.75, 3.05) is 5.32 Å². The number of alkyl halides is 3. The third kappa shape index (κ3) is 6.29. The van der Waals surface area contributed by atoms with Crippen LogP contribution in [0.1, 0.15) is 25.0 Å². The average Bonchev–Trinajstić information content (AvgIpc) is 2.65. The van der Waals surface area contributed by atoms with Gasteiger partial charge in [0.2, 0.25) is 15.9 Å². The van der Waals surface area contributed by atoms with Crippen molar-refractivity contribution >= 4 is 27.6 Å². The number of hydrogen-bond acceptors (Lipinski definition) is 5. The molecular weight excluding hydrogens is 425 g/mol. The van der Waals surface area contributed by atoms with Crippen molar-refractivity contribution in [1.82, 2.24) is 4.72 Å². The van der Waals surface area contributed by atoms with E-state index in [-0.39, 0.29) is 16.4 Å². The monoisotopic (exact) mass is 444 g/mol. The molecule has 0 aliphatic carbocycles. The van der Waals surface area contributed by atoms with Crippen molar-refractivity contribution in [2.24, 2.45) is 0 Å². The van der Waals surface area contributed by atoms with Gasteiger partial charge >= 0.3 is 12.1 Å². The Bertz CT molecular complexity index is 1020. The predicted molar refractivity (Wildman–Crippen MR) is 102 cm³/mol. The molecule has 0 aromatic heterocycles. The topological polar surface area (TPSA) is 102 Å². The lowest BCUT2D eigenvalue weighted by Gasteiger charge is -2.16. The molecule has 11 heteroatoms. The lowest BCUT2D eigenvalue weighted by molar-refractivity contribution is -0.149. The summed E-state index contributed by atoms with van der Waals surface area (Å²) >= 11 is 0. The zero-order chi connectivity index (χ0) is 22.5. The predicted octanol–water partition coefficient (Wildman–Crippen LogP) is 3.07. The van der Waals surface area contributed by atoms with Crippen LogP contribution in [-0.4, -0.2) is 26.3 Å². The van der Waals surface area contributed by atoms with Crippen LogP contribution in [0.3, 0.4) is 0 Å². The van der Waals surface area contributed by atoms with Crippen LogP contribution in [0.5, 0.6) is 0 Å². The number of carbonyl (C=O) groups is 2. The molecule has 1 unspecified atom stereocenters. The average molecular weight is 444 g/mol. The summed E-state index contributed by atoms with van der Waals surface area (Å²) < 4.78 is 70.7. The number of esters is 1. The number of benzene rings is 2. The fourth-order valence-electron chi connectivity index (χ4n) is 2.47. The Labute approximate surface area is 171 Å². The summed E-state index contributed by atoms with van der Waals surface area (Å²) in [4.78, 5) is 22.9. The number of carbonyl (C=O) groups excluding carboxylic acids is 2. The number of anilines is 1. The minimum absolute atomic E-state index is 0.168. The number of halogens is 3. The second-order valence-corrected chi connectivity index (χ2v) is 8.03. The van der Waals surface area contributed by atoms with E-state index in [4.69, 9.17) is 4.74 Å². The SMILES string of the molecule is CC(=O)Nc1ccc(S(=O)(=O)NC(C)C(=O)OCc2ccccc2C(F)(F)F)cc1. The fourth-order valence-corrected chi connectivity index (χ4v) is 3.66. The van der Waals surface area contributed by atoms with E-state index >= 15 is 0 Å². The highest BCUT2D eigenvalue weighted by atomic mass is 32.2. The van der Waals surface area contributed by atoms with Crippen molar-refractivity contribution in [3.05, 3.63) is 59.7 Å². The van der Waals surface area contributed by atoms with Crippen LogP contribution in [0.25, 0.3) is 0 Å². The van der Waals surface area contributed by atoms with Crippen LogP contribution in [0.2, 0.25) is 0 Å². The van der Waals surface area contributed by atoms with Crippen LogP contribution in [0, 0.1) is 0 Å². The van der Waals surface area contributed by atoms with Crippen molar-refractivity contribution in [1.29, 1.82) is 0 Å². The molecule has 2 aromatic rings. The molecule has 162 valence electrons. The smallest absolute Gasteiger partial charge is 0.416 e. The zero-order valence-corrected chi connectivity index (χ0v) is 16.8. The summed E-state index contributed by atoms with van der Waals surface area (Å²) in [6, 6.07) is 8.46. The van der Waals surface area contributed by atoms with E-state index in [1.165, 1.54) is 56.3 Å². The largest absolute Gasteiger partial charge is 0.460 e. The Balaban J connectivity index is 2.02. The van der Waals surface area contributed by atoms with Gasteiger partial charge in [-0.25, -0.2) is 8.42 Å². The third-order valence-corrected chi connectivity index (χ3v) is 5.42. The molecular formula is C19H19F3N2O5S. The molecule has 1 amide bonds. The van der Waals surface area contributed by atoms with Gasteiger partial charge in [-0.05, 0) is 37.3 Å². The van der Waals surface area contributed by atoms with E-state index in [0.29, 0.717) is 5.69 Å². The lowest BCUT2D eigenvalue weighted by Crippen LogP contribution is -2.39. The maximum atomic E-state index is 13.0. The molecule has 0 radical (unpaired) electrons. The highest BCUT2D eigenvalue weighted by Gasteiger charge is 2.33. The van der Waals surface area contributed by atoms with Gasteiger partial charge in [0.15, 0.2) is 0 Å². The Morgan fingerprint density at radius 3 is 2.23 bits per heavy atom. The van der Waals surface area contributed by atoms with Gasteiger partial charge in [0.05, 0.1) is 10.5 Å². The number of amides is 1. The van der Waals surface area contributed by atoms with Crippen LogP contribution in [-0.2, 0) is 37.1 Å². The minimum Gasteiger partial charge on any atom is -0.460 e. The minimum atomic E-state index is -4.61. The maximum absolute atomic E-state index is 13.0. The van der Waals surface area contributed by atoms with E-state index in [1.54, 1.807) is 0 Å². The van der Waals surface area contributed by atoms with Crippen molar-refractivity contribution in [2.45, 2.75) is 37.6 Å². The zero-order valence-electron chi connectivity index (χ0n) is 16.0. The molecule has 30 heavy (non-hydrogen) atoms. The lowest BCUT2D eigenvalue weighted by atomic mass is 10.1. The van der Waals surface area contributed by atoms with Crippen molar-refractivity contribution in [3.63, 3.8) is 0 Å². The van der Waals surface area contributed by atoms with Gasteiger partial charge in [0.25, 0.3) is 0 Å². The van der Waals surface area contributed by atoms with Gasteiger partial charge in [0, 0.05) is 18.2 Å². The third-order valence-electron chi connectivity index (χ3n) is 3.86. The molecule has 0 heterocycles. The highest BCUT2D eigenvalue weighted by molar-refractivity contribution is 7.89. The standard InChI is InChI=1S/C19H19F3N2O5S/c1-12(18(26)29-11-14-5-3-4-6-17(14)19(20,21)22)24-30(27,28)16-9-7-15(8-10-16)23-13(2)25/h3-10,12,24H,11H2,1-2H3,(H,23,25). The van der Waals surface area contributed by atoms with Crippen molar-refractivity contribution in [3.8, 4) is 0 Å². The molecule has 1 atom stereocenters. The van der Waals surface area contributed by atoms with E-state index in [0.717, 1.165) is 6.07 Å². The molecule has 0 saturated heterocycles.